The van der Waals surface area contributed by atoms with Gasteiger partial charge in [0, 0.05) is 38.6 Å². The predicted octanol–water partition coefficient (Wildman–Crippen LogP) is 4.99. The highest BCUT2D eigenvalue weighted by molar-refractivity contribution is 5.89. The van der Waals surface area contributed by atoms with Crippen molar-refractivity contribution in [3.63, 3.8) is 0 Å². The van der Waals surface area contributed by atoms with Crippen molar-refractivity contribution < 1.29 is 4.79 Å². The van der Waals surface area contributed by atoms with Gasteiger partial charge in [-0.05, 0) is 35.4 Å². The number of carbonyl (C=O) groups excluding carboxylic acids is 1. The number of nitrogens with zero attached hydrogens (tertiary/aromatic N) is 2. The van der Waals surface area contributed by atoms with Crippen LogP contribution in [0.3, 0.4) is 0 Å². The molecule has 0 unspecified atom stereocenters. The van der Waals surface area contributed by atoms with E-state index in [1.807, 2.05) is 79.7 Å². The van der Waals surface area contributed by atoms with Crippen LogP contribution in [0.2, 0.25) is 0 Å². The fourth-order valence-electron chi connectivity index (χ4n) is 2.85. The van der Waals surface area contributed by atoms with Crippen LogP contribution in [-0.4, -0.2) is 25.0 Å². The van der Waals surface area contributed by atoms with E-state index in [2.05, 4.69) is 34.5 Å². The highest BCUT2D eigenvalue weighted by atomic mass is 16.2. The molecule has 0 aliphatic carbocycles. The molecule has 3 aromatic rings. The largest absolute Gasteiger partial charge is 0.378 e. The van der Waals surface area contributed by atoms with Gasteiger partial charge in [0.05, 0.1) is 0 Å². The van der Waals surface area contributed by atoms with Gasteiger partial charge in [-0.25, -0.2) is 4.79 Å². The minimum absolute atomic E-state index is 0.110. The van der Waals surface area contributed by atoms with Gasteiger partial charge in [0.1, 0.15) is 0 Å². The lowest BCUT2D eigenvalue weighted by atomic mass is 10.1. The van der Waals surface area contributed by atoms with Gasteiger partial charge in [-0.3, -0.25) is 0 Å². The van der Waals surface area contributed by atoms with E-state index in [4.69, 9.17) is 0 Å². The monoisotopic (exact) mass is 359 g/mol. The molecular weight excluding hydrogens is 334 g/mol. The van der Waals surface area contributed by atoms with Crippen LogP contribution in [0.4, 0.5) is 16.2 Å². The molecule has 27 heavy (non-hydrogen) atoms. The first-order chi connectivity index (χ1) is 13.1. The molecule has 4 heteroatoms. The summed E-state index contributed by atoms with van der Waals surface area (Å²) >= 11 is 0. The number of amides is 2. The summed E-state index contributed by atoms with van der Waals surface area (Å²) in [7, 11) is 4.04. The maximum Gasteiger partial charge on any atom is 0.322 e. The summed E-state index contributed by atoms with van der Waals surface area (Å²) in [6, 6.07) is 27.8. The fraction of sp³-hybridized carbons (Fsp3) is 0.174. The number of carbonyl (C=O) groups is 1. The zero-order chi connectivity index (χ0) is 19.1. The average molecular weight is 359 g/mol. The van der Waals surface area contributed by atoms with Gasteiger partial charge < -0.3 is 15.1 Å². The lowest BCUT2D eigenvalue weighted by Gasteiger charge is -2.24. The van der Waals surface area contributed by atoms with Crippen molar-refractivity contribution in [3.05, 3.63) is 96.1 Å². The maximum absolute atomic E-state index is 12.9. The summed E-state index contributed by atoms with van der Waals surface area (Å²) < 4.78 is 0. The van der Waals surface area contributed by atoms with Crippen LogP contribution in [0, 0.1) is 0 Å². The first-order valence-corrected chi connectivity index (χ1v) is 9.03. The molecule has 0 saturated carbocycles. The number of nitrogens with one attached hydrogen (secondary N) is 1. The molecule has 0 spiro atoms. The molecule has 3 rings (SSSR count). The van der Waals surface area contributed by atoms with Gasteiger partial charge in [0.2, 0.25) is 0 Å². The Morgan fingerprint density at radius 3 is 1.81 bits per heavy atom. The van der Waals surface area contributed by atoms with Crippen molar-refractivity contribution in [1.29, 1.82) is 0 Å². The number of anilines is 2. The molecule has 138 valence electrons. The van der Waals surface area contributed by atoms with Gasteiger partial charge in [0.15, 0.2) is 0 Å². The Labute approximate surface area is 161 Å². The van der Waals surface area contributed by atoms with E-state index in [9.17, 15) is 4.79 Å². The minimum Gasteiger partial charge on any atom is -0.378 e. The lowest BCUT2D eigenvalue weighted by Crippen LogP contribution is -2.34. The summed E-state index contributed by atoms with van der Waals surface area (Å²) in [5.74, 6) is 0. The van der Waals surface area contributed by atoms with Gasteiger partial charge in [-0.2, -0.15) is 0 Å². The normalized spacial score (nSPS) is 10.3. The number of benzene rings is 3. The molecule has 0 bridgehead atoms. The molecule has 0 aromatic heterocycles. The predicted molar refractivity (Wildman–Crippen MR) is 112 cm³/mol. The number of rotatable bonds is 6. The van der Waals surface area contributed by atoms with Crippen LogP contribution < -0.4 is 10.2 Å². The quantitative estimate of drug-likeness (QED) is 0.673. The van der Waals surface area contributed by atoms with Crippen molar-refractivity contribution in [1.82, 2.24) is 4.90 Å². The van der Waals surface area contributed by atoms with Crippen molar-refractivity contribution in [2.24, 2.45) is 0 Å². The second-order valence-electron chi connectivity index (χ2n) is 6.70. The molecule has 0 heterocycles. The van der Waals surface area contributed by atoms with E-state index >= 15 is 0 Å². The van der Waals surface area contributed by atoms with Crippen LogP contribution in [-0.2, 0) is 13.1 Å². The molecule has 0 fully saturated rings. The Hall–Kier alpha value is -3.27. The Balaban J connectivity index is 1.77. The van der Waals surface area contributed by atoms with E-state index in [0.29, 0.717) is 13.1 Å². The number of para-hydroxylation sites is 1. The smallest absolute Gasteiger partial charge is 0.322 e. The fourth-order valence-corrected chi connectivity index (χ4v) is 2.85. The first kappa shape index (κ1) is 18.5. The topological polar surface area (TPSA) is 35.6 Å². The first-order valence-electron chi connectivity index (χ1n) is 9.03. The Morgan fingerprint density at radius 2 is 1.26 bits per heavy atom. The van der Waals surface area contributed by atoms with Crippen LogP contribution in [0.25, 0.3) is 0 Å². The molecule has 0 atom stereocenters. The standard InChI is InChI=1S/C23H25N3O/c1-25(2)22-15-13-20(14-16-22)18-26(17-19-9-5-3-6-10-19)23(27)24-21-11-7-4-8-12-21/h3-16H,17-18H2,1-2H3,(H,24,27). The Morgan fingerprint density at radius 1 is 0.741 bits per heavy atom. The van der Waals surface area contributed by atoms with Crippen molar-refractivity contribution in [3.8, 4) is 0 Å². The highest BCUT2D eigenvalue weighted by Crippen LogP contribution is 2.16. The van der Waals surface area contributed by atoms with Gasteiger partial charge in [-0.15, -0.1) is 0 Å². The highest BCUT2D eigenvalue weighted by Gasteiger charge is 2.15. The molecule has 0 aliphatic rings. The van der Waals surface area contributed by atoms with Gasteiger partial charge in [-0.1, -0.05) is 60.7 Å². The molecule has 0 saturated heterocycles. The number of hydrogen-bond acceptors (Lipinski definition) is 2. The second-order valence-corrected chi connectivity index (χ2v) is 6.70. The van der Waals surface area contributed by atoms with E-state index in [1.165, 1.54) is 0 Å². The summed E-state index contributed by atoms with van der Waals surface area (Å²) in [5.41, 5.74) is 4.14. The number of urea groups is 1. The zero-order valence-corrected chi connectivity index (χ0v) is 15.8. The average Bonchev–Trinajstić information content (AvgIpc) is 2.69. The van der Waals surface area contributed by atoms with Crippen LogP contribution >= 0.6 is 0 Å². The molecule has 1 N–H and O–H groups in total. The Kier molecular flexibility index (Phi) is 6.10. The second kappa shape index (κ2) is 8.90. The summed E-state index contributed by atoms with van der Waals surface area (Å²) in [6.45, 7) is 1.09. The summed E-state index contributed by atoms with van der Waals surface area (Å²) in [4.78, 5) is 16.8. The number of hydrogen-bond donors (Lipinski definition) is 1. The zero-order valence-electron chi connectivity index (χ0n) is 15.8. The molecule has 3 aromatic carbocycles. The van der Waals surface area contributed by atoms with Crippen LogP contribution in [0.15, 0.2) is 84.9 Å². The van der Waals surface area contributed by atoms with Gasteiger partial charge >= 0.3 is 6.03 Å². The van der Waals surface area contributed by atoms with E-state index in [-0.39, 0.29) is 6.03 Å². The summed E-state index contributed by atoms with van der Waals surface area (Å²) in [6.07, 6.45) is 0. The van der Waals surface area contributed by atoms with E-state index < -0.39 is 0 Å². The Bertz CT molecular complexity index is 846. The van der Waals surface area contributed by atoms with Crippen molar-refractivity contribution >= 4 is 17.4 Å². The third-order valence-electron chi connectivity index (χ3n) is 4.35. The molecule has 2 amide bonds. The molecule has 0 radical (unpaired) electrons. The summed E-state index contributed by atoms with van der Waals surface area (Å²) in [5, 5.41) is 2.99. The molecule has 0 aliphatic heterocycles. The van der Waals surface area contributed by atoms with Crippen molar-refractivity contribution in [2.45, 2.75) is 13.1 Å². The third-order valence-corrected chi connectivity index (χ3v) is 4.35. The molecular formula is C23H25N3O. The van der Waals surface area contributed by atoms with Crippen LogP contribution in [0.5, 0.6) is 0 Å². The SMILES string of the molecule is CN(C)c1ccc(CN(Cc2ccccc2)C(=O)Nc2ccccc2)cc1. The lowest BCUT2D eigenvalue weighted by molar-refractivity contribution is 0.206. The van der Waals surface area contributed by atoms with E-state index in [1.54, 1.807) is 0 Å². The van der Waals surface area contributed by atoms with Gasteiger partial charge in [0.25, 0.3) is 0 Å². The van der Waals surface area contributed by atoms with Crippen molar-refractivity contribution in [2.75, 3.05) is 24.3 Å². The molecule has 4 nitrogen and oxygen atoms in total. The van der Waals surface area contributed by atoms with E-state index in [0.717, 1.165) is 22.5 Å². The van der Waals surface area contributed by atoms with Crippen LogP contribution in [0.1, 0.15) is 11.1 Å². The minimum atomic E-state index is -0.110. The third kappa shape index (κ3) is 5.35. The maximum atomic E-state index is 12.9.